The number of hydrogen-bond acceptors (Lipinski definition) is 9. The fourth-order valence-electron chi connectivity index (χ4n) is 2.18. The van der Waals surface area contributed by atoms with Gasteiger partial charge in [0.15, 0.2) is 5.71 Å². The molecule has 2 amide bonds. The number of carbonyl (C=O) groups is 2. The van der Waals surface area contributed by atoms with Crippen molar-refractivity contribution in [2.45, 2.75) is 25.0 Å². The van der Waals surface area contributed by atoms with E-state index in [1.807, 2.05) is 0 Å². The van der Waals surface area contributed by atoms with Crippen molar-refractivity contribution in [3.63, 3.8) is 0 Å². The Morgan fingerprint density at radius 2 is 2.27 bits per heavy atom. The zero-order valence-corrected chi connectivity index (χ0v) is 15.2. The molecule has 0 radical (unpaired) electrons. The van der Waals surface area contributed by atoms with Crippen LogP contribution in [0.3, 0.4) is 0 Å². The largest absolute Gasteiger partial charge is 0.395 e. The zero-order valence-electron chi connectivity index (χ0n) is 13.6. The monoisotopic (exact) mass is 406 g/mol. The first kappa shape index (κ1) is 20.3. The van der Waals surface area contributed by atoms with Gasteiger partial charge in [0, 0.05) is 0 Å². The molecule has 1 aliphatic heterocycles. The van der Waals surface area contributed by atoms with Gasteiger partial charge in [-0.1, -0.05) is 11.2 Å². The molecular weight excluding hydrogens is 388 g/mol. The smallest absolute Gasteiger partial charge is 0.362 e. The summed E-state index contributed by atoms with van der Waals surface area (Å²) < 4.78 is 31.4. The van der Waals surface area contributed by atoms with E-state index < -0.39 is 40.2 Å². The maximum atomic E-state index is 12.5. The number of rotatable bonds is 8. The minimum Gasteiger partial charge on any atom is -0.395 e. The molecule has 1 fully saturated rings. The summed E-state index contributed by atoms with van der Waals surface area (Å²) in [5, 5.41) is 16.6. The molecule has 0 spiro atoms. The van der Waals surface area contributed by atoms with Gasteiger partial charge in [-0.3, -0.25) is 14.1 Å². The van der Waals surface area contributed by atoms with Gasteiger partial charge in [-0.2, -0.15) is 8.42 Å². The van der Waals surface area contributed by atoms with Crippen molar-refractivity contribution in [2.24, 2.45) is 10.9 Å². The van der Waals surface area contributed by atoms with Crippen LogP contribution < -0.4 is 11.1 Å². The number of oxime groups is 1. The van der Waals surface area contributed by atoms with Crippen LogP contribution in [0.1, 0.15) is 11.8 Å². The van der Waals surface area contributed by atoms with Gasteiger partial charge in [-0.05, 0) is 18.4 Å². The summed E-state index contributed by atoms with van der Waals surface area (Å²) in [4.78, 5) is 29.7. The average molecular weight is 406 g/mol. The van der Waals surface area contributed by atoms with Crippen LogP contribution in [-0.4, -0.2) is 71.2 Å². The molecule has 1 aromatic rings. The molecule has 0 aliphatic carbocycles. The molecule has 1 saturated heterocycles. The Hall–Kier alpha value is -2.06. The topological polar surface area (TPSA) is 172 Å². The Labute approximate surface area is 153 Å². The molecule has 1 aliphatic rings. The van der Waals surface area contributed by atoms with E-state index in [9.17, 15) is 18.0 Å². The van der Waals surface area contributed by atoms with E-state index >= 15 is 0 Å². The predicted octanol–water partition coefficient (Wildman–Crippen LogP) is -1.69. The van der Waals surface area contributed by atoms with Crippen molar-refractivity contribution in [2.75, 3.05) is 13.2 Å². The van der Waals surface area contributed by atoms with Crippen LogP contribution in [0.25, 0.3) is 0 Å². The van der Waals surface area contributed by atoms with E-state index in [2.05, 4.69) is 10.5 Å². The second kappa shape index (κ2) is 8.09. The second-order valence-corrected chi connectivity index (χ2v) is 7.70. The Morgan fingerprint density at radius 3 is 2.77 bits per heavy atom. The molecule has 13 heteroatoms. The van der Waals surface area contributed by atoms with Crippen LogP contribution in [-0.2, 0) is 24.7 Å². The fraction of sp³-hybridized carbons (Fsp3) is 0.462. The van der Waals surface area contributed by atoms with Crippen LogP contribution in [0.5, 0.6) is 0 Å². The standard InChI is InChI=1S/C13H18N4O7S2/c1-7-10(13(20)17(7)26(21,22)23)15-12(19)11(9-3-2-4-25-9)16-24-6-8(14)5-18/h2-4,7-8,10,18H,5-6,14H2,1H3,(H,15,19)(H,21,22,23)/t7-,8?,10-/m0/s1. The molecule has 0 bridgehead atoms. The fourth-order valence-corrected chi connectivity index (χ4v) is 3.76. The van der Waals surface area contributed by atoms with Crippen molar-refractivity contribution in [3.05, 3.63) is 22.4 Å². The van der Waals surface area contributed by atoms with Gasteiger partial charge in [0.2, 0.25) is 0 Å². The van der Waals surface area contributed by atoms with Gasteiger partial charge in [-0.15, -0.1) is 11.3 Å². The highest BCUT2D eigenvalue weighted by atomic mass is 32.2. The number of amides is 2. The molecule has 1 aromatic heterocycles. The van der Waals surface area contributed by atoms with Crippen molar-refractivity contribution in [1.82, 2.24) is 9.62 Å². The molecule has 3 atom stereocenters. The SMILES string of the molecule is C[C@H]1[C@H](NC(=O)C(=NOCC(N)CO)c2cccs2)C(=O)N1S(=O)(=O)O. The third-order valence-electron chi connectivity index (χ3n) is 3.52. The number of thiophene rings is 1. The summed E-state index contributed by atoms with van der Waals surface area (Å²) in [6.45, 7) is 0.905. The summed E-state index contributed by atoms with van der Waals surface area (Å²) in [7, 11) is -4.68. The molecule has 5 N–H and O–H groups in total. The number of nitrogens with zero attached hydrogens (tertiary/aromatic N) is 2. The molecular formula is C13H18N4O7S2. The van der Waals surface area contributed by atoms with E-state index in [-0.39, 0.29) is 23.2 Å². The van der Waals surface area contributed by atoms with Crippen molar-refractivity contribution in [3.8, 4) is 0 Å². The molecule has 0 saturated carbocycles. The van der Waals surface area contributed by atoms with E-state index in [4.69, 9.17) is 20.2 Å². The quantitative estimate of drug-likeness (QED) is 0.171. The Balaban J connectivity index is 2.11. The highest BCUT2D eigenvalue weighted by Crippen LogP contribution is 2.23. The van der Waals surface area contributed by atoms with Gasteiger partial charge < -0.3 is 21.0 Å². The van der Waals surface area contributed by atoms with Crippen LogP contribution >= 0.6 is 11.3 Å². The van der Waals surface area contributed by atoms with Gasteiger partial charge >= 0.3 is 10.3 Å². The average Bonchev–Trinajstić information content (AvgIpc) is 3.09. The van der Waals surface area contributed by atoms with Crippen LogP contribution in [0.2, 0.25) is 0 Å². The first-order valence-electron chi connectivity index (χ1n) is 7.38. The lowest BCUT2D eigenvalue weighted by atomic mass is 10.0. The Kier molecular flexibility index (Phi) is 6.30. The number of nitrogens with two attached hydrogens (primary N) is 1. The number of hydrogen-bond donors (Lipinski definition) is 4. The predicted molar refractivity (Wildman–Crippen MR) is 91.7 cm³/mol. The highest BCUT2D eigenvalue weighted by Gasteiger charge is 2.51. The summed E-state index contributed by atoms with van der Waals surface area (Å²) in [5.74, 6) is -1.72. The number of nitrogens with one attached hydrogen (secondary N) is 1. The van der Waals surface area contributed by atoms with Crippen LogP contribution in [0, 0.1) is 0 Å². The molecule has 26 heavy (non-hydrogen) atoms. The van der Waals surface area contributed by atoms with E-state index in [1.54, 1.807) is 17.5 Å². The van der Waals surface area contributed by atoms with Crippen LogP contribution in [0.15, 0.2) is 22.7 Å². The summed E-state index contributed by atoms with van der Waals surface area (Å²) in [6, 6.07) is 0.529. The maximum absolute atomic E-state index is 12.5. The Bertz CT molecular complexity index is 793. The minimum atomic E-state index is -4.68. The lowest BCUT2D eigenvalue weighted by Crippen LogP contribution is -2.71. The van der Waals surface area contributed by atoms with E-state index in [0.717, 1.165) is 0 Å². The maximum Gasteiger partial charge on any atom is 0.362 e. The van der Waals surface area contributed by atoms with Crippen LogP contribution in [0.4, 0.5) is 0 Å². The third-order valence-corrected chi connectivity index (χ3v) is 5.41. The molecule has 2 heterocycles. The highest BCUT2D eigenvalue weighted by molar-refractivity contribution is 7.84. The summed E-state index contributed by atoms with van der Waals surface area (Å²) in [5.41, 5.74) is 5.36. The Morgan fingerprint density at radius 1 is 1.58 bits per heavy atom. The van der Waals surface area contributed by atoms with Crippen molar-refractivity contribution < 1.29 is 32.5 Å². The molecule has 11 nitrogen and oxygen atoms in total. The van der Waals surface area contributed by atoms with E-state index in [1.165, 1.54) is 18.3 Å². The number of aliphatic hydroxyl groups excluding tert-OH is 1. The normalized spacial score (nSPS) is 21.9. The summed E-state index contributed by atoms with van der Waals surface area (Å²) in [6.07, 6.45) is 0. The minimum absolute atomic E-state index is 0.129. The zero-order chi connectivity index (χ0) is 19.5. The first-order chi connectivity index (χ1) is 12.2. The second-order valence-electron chi connectivity index (χ2n) is 5.46. The number of β-lactam (4-membered cyclic amide) rings is 1. The third kappa shape index (κ3) is 4.37. The molecule has 2 rings (SSSR count). The van der Waals surface area contributed by atoms with E-state index in [0.29, 0.717) is 4.88 Å². The number of aliphatic hydroxyl groups is 1. The lowest BCUT2D eigenvalue weighted by molar-refractivity contribution is -0.143. The van der Waals surface area contributed by atoms with Crippen molar-refractivity contribution in [1.29, 1.82) is 0 Å². The summed E-state index contributed by atoms with van der Waals surface area (Å²) >= 11 is 1.20. The lowest BCUT2D eigenvalue weighted by Gasteiger charge is -2.42. The molecule has 0 aromatic carbocycles. The first-order valence-corrected chi connectivity index (χ1v) is 9.66. The van der Waals surface area contributed by atoms with Gasteiger partial charge in [0.05, 0.1) is 23.6 Å². The van der Waals surface area contributed by atoms with Gasteiger partial charge in [0.1, 0.15) is 12.6 Å². The number of carbonyl (C=O) groups excluding carboxylic acids is 2. The van der Waals surface area contributed by atoms with Gasteiger partial charge in [0.25, 0.3) is 11.8 Å². The van der Waals surface area contributed by atoms with Crippen molar-refractivity contribution >= 4 is 39.2 Å². The van der Waals surface area contributed by atoms with Gasteiger partial charge in [-0.25, -0.2) is 4.31 Å². The molecule has 1 unspecified atom stereocenters. The molecule has 144 valence electrons.